The minimum atomic E-state index is 1.22. The second kappa shape index (κ2) is 10.6. The maximum Gasteiger partial charge on any atom is -0.0171 e. The van der Waals surface area contributed by atoms with Gasteiger partial charge in [0, 0.05) is 0 Å². The van der Waals surface area contributed by atoms with Crippen LogP contribution in [0.5, 0.6) is 0 Å². The first-order chi connectivity index (χ1) is 19.0. The summed E-state index contributed by atoms with van der Waals surface area (Å²) in [5.74, 6) is 0. The fourth-order valence-corrected chi connectivity index (χ4v) is 5.40. The van der Waals surface area contributed by atoms with Crippen molar-refractivity contribution in [3.63, 3.8) is 0 Å². The van der Waals surface area contributed by atoms with E-state index in [1.165, 1.54) is 72.3 Å². The van der Waals surface area contributed by atoms with Crippen molar-refractivity contribution in [1.29, 1.82) is 0 Å². The summed E-state index contributed by atoms with van der Waals surface area (Å²) < 4.78 is 0. The number of benzene rings is 6. The Labute approximate surface area is 232 Å². The van der Waals surface area contributed by atoms with Crippen LogP contribution in [0.4, 0.5) is 0 Å². The molecule has 0 heterocycles. The van der Waals surface area contributed by atoms with Crippen LogP contribution in [0.3, 0.4) is 0 Å². The van der Waals surface area contributed by atoms with Crippen LogP contribution in [0.2, 0.25) is 0 Å². The molecule has 0 aliphatic carbocycles. The average molecular weight is 501 g/mol. The summed E-state index contributed by atoms with van der Waals surface area (Å²) in [6.45, 7) is 6.47. The standard InChI is InChI=1S/C39H32/c1-27-15-17-31(18-16-27)32-11-7-13-34(22-32)38-24-37(30-9-5-4-6-10-30)25-39(26-38)35-14-8-12-33(23-35)36-20-28(2)19-29(3)21-36/h4-26H,1-3H3. The molecule has 0 saturated carbocycles. The van der Waals surface area contributed by atoms with Gasteiger partial charge in [0.15, 0.2) is 0 Å². The number of rotatable bonds is 5. The molecule has 0 radical (unpaired) electrons. The zero-order valence-corrected chi connectivity index (χ0v) is 22.8. The molecule has 188 valence electrons. The highest BCUT2D eigenvalue weighted by molar-refractivity contribution is 5.84. The van der Waals surface area contributed by atoms with Gasteiger partial charge in [0.2, 0.25) is 0 Å². The Morgan fingerprint density at radius 3 is 1.10 bits per heavy atom. The Morgan fingerprint density at radius 1 is 0.231 bits per heavy atom. The summed E-state index contributed by atoms with van der Waals surface area (Å²) in [6.07, 6.45) is 0. The van der Waals surface area contributed by atoms with E-state index in [0.29, 0.717) is 0 Å². The molecule has 0 saturated heterocycles. The molecule has 6 aromatic carbocycles. The monoisotopic (exact) mass is 500 g/mol. The average Bonchev–Trinajstić information content (AvgIpc) is 2.97. The van der Waals surface area contributed by atoms with E-state index in [9.17, 15) is 0 Å². The van der Waals surface area contributed by atoms with Crippen molar-refractivity contribution in [2.45, 2.75) is 20.8 Å². The van der Waals surface area contributed by atoms with Gasteiger partial charge >= 0.3 is 0 Å². The number of hydrogen-bond acceptors (Lipinski definition) is 0. The molecule has 0 spiro atoms. The molecule has 0 aromatic heterocycles. The molecule has 0 unspecified atom stereocenters. The van der Waals surface area contributed by atoms with E-state index in [2.05, 4.69) is 160 Å². The van der Waals surface area contributed by atoms with E-state index in [1.807, 2.05) is 0 Å². The minimum Gasteiger partial charge on any atom is -0.0622 e. The van der Waals surface area contributed by atoms with Gasteiger partial charge < -0.3 is 0 Å². The smallest absolute Gasteiger partial charge is 0.0171 e. The molecule has 0 atom stereocenters. The lowest BCUT2D eigenvalue weighted by molar-refractivity contribution is 1.38. The van der Waals surface area contributed by atoms with E-state index in [0.717, 1.165) is 0 Å². The first-order valence-electron chi connectivity index (χ1n) is 13.6. The first kappa shape index (κ1) is 24.6. The minimum absolute atomic E-state index is 1.22. The van der Waals surface area contributed by atoms with E-state index < -0.39 is 0 Å². The van der Waals surface area contributed by atoms with Crippen molar-refractivity contribution < 1.29 is 0 Å². The van der Waals surface area contributed by atoms with Gasteiger partial charge in [0.25, 0.3) is 0 Å². The topological polar surface area (TPSA) is 0 Å². The van der Waals surface area contributed by atoms with Crippen LogP contribution in [0, 0.1) is 20.8 Å². The Kier molecular flexibility index (Phi) is 6.69. The number of aryl methyl sites for hydroxylation is 3. The Morgan fingerprint density at radius 2 is 0.590 bits per heavy atom. The highest BCUT2D eigenvalue weighted by Gasteiger charge is 2.10. The summed E-state index contributed by atoms with van der Waals surface area (Å²) in [5.41, 5.74) is 16.2. The normalized spacial score (nSPS) is 10.9. The van der Waals surface area contributed by atoms with E-state index in [-0.39, 0.29) is 0 Å². The molecule has 0 aliphatic rings. The molecule has 0 bridgehead atoms. The molecule has 0 N–H and O–H groups in total. The second-order valence-corrected chi connectivity index (χ2v) is 10.6. The molecule has 6 rings (SSSR count). The van der Waals surface area contributed by atoms with Crippen LogP contribution in [0.25, 0.3) is 55.6 Å². The lowest BCUT2D eigenvalue weighted by Gasteiger charge is -2.13. The van der Waals surface area contributed by atoms with Crippen molar-refractivity contribution in [2.75, 3.05) is 0 Å². The molecule has 0 nitrogen and oxygen atoms in total. The van der Waals surface area contributed by atoms with Gasteiger partial charge in [-0.15, -0.1) is 0 Å². The summed E-state index contributed by atoms with van der Waals surface area (Å²) >= 11 is 0. The van der Waals surface area contributed by atoms with Gasteiger partial charge in [-0.3, -0.25) is 0 Å². The third kappa shape index (κ3) is 5.47. The summed E-state index contributed by atoms with van der Waals surface area (Å²) in [7, 11) is 0. The van der Waals surface area contributed by atoms with Crippen LogP contribution >= 0.6 is 0 Å². The maximum atomic E-state index is 2.33. The molecular weight excluding hydrogens is 468 g/mol. The Hall–Kier alpha value is -4.68. The molecule has 39 heavy (non-hydrogen) atoms. The van der Waals surface area contributed by atoms with Gasteiger partial charge in [-0.05, 0) is 107 Å². The van der Waals surface area contributed by atoms with Gasteiger partial charge in [-0.25, -0.2) is 0 Å². The van der Waals surface area contributed by atoms with Crippen molar-refractivity contribution in [3.8, 4) is 55.6 Å². The van der Waals surface area contributed by atoms with Crippen LogP contribution in [-0.4, -0.2) is 0 Å². The summed E-state index contributed by atoms with van der Waals surface area (Å²) in [5, 5.41) is 0. The third-order valence-electron chi connectivity index (χ3n) is 7.37. The van der Waals surface area contributed by atoms with E-state index in [1.54, 1.807) is 0 Å². The van der Waals surface area contributed by atoms with Crippen molar-refractivity contribution in [1.82, 2.24) is 0 Å². The summed E-state index contributed by atoms with van der Waals surface area (Å²) in [4.78, 5) is 0. The molecule has 0 heteroatoms. The Bertz CT molecular complexity index is 1730. The lowest BCUT2D eigenvalue weighted by atomic mass is 9.91. The zero-order valence-electron chi connectivity index (χ0n) is 22.8. The van der Waals surface area contributed by atoms with Crippen molar-refractivity contribution in [2.24, 2.45) is 0 Å². The van der Waals surface area contributed by atoms with E-state index in [4.69, 9.17) is 0 Å². The van der Waals surface area contributed by atoms with Crippen molar-refractivity contribution in [3.05, 3.63) is 156 Å². The number of hydrogen-bond donors (Lipinski definition) is 0. The Balaban J connectivity index is 1.48. The van der Waals surface area contributed by atoms with Gasteiger partial charge in [-0.2, -0.15) is 0 Å². The largest absolute Gasteiger partial charge is 0.0622 e. The second-order valence-electron chi connectivity index (χ2n) is 10.6. The molecule has 0 amide bonds. The fourth-order valence-electron chi connectivity index (χ4n) is 5.40. The highest BCUT2D eigenvalue weighted by Crippen LogP contribution is 2.36. The predicted octanol–water partition coefficient (Wildman–Crippen LogP) is 10.9. The molecule has 6 aromatic rings. The van der Waals surface area contributed by atoms with E-state index >= 15 is 0 Å². The van der Waals surface area contributed by atoms with Gasteiger partial charge in [0.1, 0.15) is 0 Å². The van der Waals surface area contributed by atoms with Crippen LogP contribution in [-0.2, 0) is 0 Å². The quantitative estimate of drug-likeness (QED) is 0.221. The third-order valence-corrected chi connectivity index (χ3v) is 7.37. The van der Waals surface area contributed by atoms with Crippen LogP contribution in [0.1, 0.15) is 16.7 Å². The molecule has 0 fully saturated rings. The predicted molar refractivity (Wildman–Crippen MR) is 168 cm³/mol. The fraction of sp³-hybridized carbons (Fsp3) is 0.0769. The first-order valence-corrected chi connectivity index (χ1v) is 13.6. The lowest BCUT2D eigenvalue weighted by Crippen LogP contribution is -1.88. The maximum absolute atomic E-state index is 2.33. The highest BCUT2D eigenvalue weighted by atomic mass is 14.1. The molecular formula is C39H32. The van der Waals surface area contributed by atoms with Crippen LogP contribution in [0.15, 0.2) is 140 Å². The van der Waals surface area contributed by atoms with Gasteiger partial charge in [-0.1, -0.05) is 126 Å². The molecule has 0 aliphatic heterocycles. The van der Waals surface area contributed by atoms with Gasteiger partial charge in [0.05, 0.1) is 0 Å². The zero-order chi connectivity index (χ0) is 26.8. The summed E-state index contributed by atoms with van der Waals surface area (Å²) in [6, 6.07) is 51.0. The van der Waals surface area contributed by atoms with Crippen molar-refractivity contribution >= 4 is 0 Å². The van der Waals surface area contributed by atoms with Crippen LogP contribution < -0.4 is 0 Å². The SMILES string of the molecule is Cc1ccc(-c2cccc(-c3cc(-c4ccccc4)cc(-c4cccc(-c5cc(C)cc(C)c5)c4)c3)c2)cc1.